The number of rotatable bonds is 5. The molecular weight excluding hydrogens is 500 g/mol. The monoisotopic (exact) mass is 533 g/mol. The number of hydrogen-bond donors (Lipinski definition) is 1. The molecule has 2 fully saturated rings. The molecule has 2 N–H and O–H groups in total. The number of piperidine rings is 2. The maximum absolute atomic E-state index is 14.1. The van der Waals surface area contributed by atoms with E-state index in [9.17, 15) is 13.6 Å². The topological polar surface area (TPSA) is 92.6 Å². The van der Waals surface area contributed by atoms with Crippen LogP contribution in [0.5, 0.6) is 0 Å². The van der Waals surface area contributed by atoms with E-state index < -0.39 is 11.6 Å². The Morgan fingerprint density at radius 1 is 1.03 bits per heavy atom. The molecular formula is C29H33F2N7O. The number of aromatic nitrogens is 3. The molecule has 0 radical (unpaired) electrons. The summed E-state index contributed by atoms with van der Waals surface area (Å²) in [5.74, 6) is 0.156. The molecule has 3 aliphatic heterocycles. The van der Waals surface area contributed by atoms with Crippen LogP contribution in [0.3, 0.4) is 0 Å². The molecule has 1 aromatic carbocycles. The number of imidazole rings is 1. The zero-order valence-corrected chi connectivity index (χ0v) is 21.8. The van der Waals surface area contributed by atoms with Crippen molar-refractivity contribution in [2.24, 2.45) is 22.6 Å². The molecule has 2 saturated heterocycles. The summed E-state index contributed by atoms with van der Waals surface area (Å²) in [5, 5.41) is 0. The van der Waals surface area contributed by atoms with Crippen LogP contribution in [0.4, 0.5) is 8.78 Å². The van der Waals surface area contributed by atoms with E-state index in [0.29, 0.717) is 41.7 Å². The first-order valence-corrected chi connectivity index (χ1v) is 13.7. The van der Waals surface area contributed by atoms with Gasteiger partial charge in [0.15, 0.2) is 17.3 Å². The summed E-state index contributed by atoms with van der Waals surface area (Å²) >= 11 is 0. The van der Waals surface area contributed by atoms with Crippen LogP contribution in [0.1, 0.15) is 38.1 Å². The maximum atomic E-state index is 14.1. The van der Waals surface area contributed by atoms with Gasteiger partial charge < -0.3 is 20.1 Å². The number of aliphatic imine (C=N–C) groups is 1. The third-order valence-electron chi connectivity index (χ3n) is 8.27. The molecule has 0 aliphatic carbocycles. The van der Waals surface area contributed by atoms with Gasteiger partial charge in [-0.3, -0.25) is 4.79 Å². The standard InChI is InChI=1S/C29H33F2N7O/c30-23-4-3-21(17-24(23)31)27-35-25-2-1-10-34-28(25)38(27)22-8-14-37(15-9-22)29(39)20-6-12-36(13-7-20)18-19-5-11-33-26(32)16-19/h1-5,10-11,17,19-20,22H,6-9,12-16,18H2,(H2,32,33). The number of halogens is 2. The molecule has 1 atom stereocenters. The molecule has 1 unspecified atom stereocenters. The van der Waals surface area contributed by atoms with E-state index in [1.54, 1.807) is 18.5 Å². The van der Waals surface area contributed by atoms with Crippen molar-refractivity contribution >= 4 is 22.9 Å². The zero-order chi connectivity index (χ0) is 26.9. The number of benzene rings is 1. The van der Waals surface area contributed by atoms with Gasteiger partial charge in [-0.25, -0.2) is 23.7 Å². The minimum Gasteiger partial charge on any atom is -0.387 e. The van der Waals surface area contributed by atoms with Crippen LogP contribution in [0.15, 0.2) is 53.8 Å². The van der Waals surface area contributed by atoms with E-state index in [0.717, 1.165) is 63.5 Å². The van der Waals surface area contributed by atoms with Crippen molar-refractivity contribution in [3.05, 3.63) is 60.4 Å². The summed E-state index contributed by atoms with van der Waals surface area (Å²) < 4.78 is 29.7. The molecule has 0 spiro atoms. The second kappa shape index (κ2) is 10.8. The molecule has 5 heterocycles. The first-order chi connectivity index (χ1) is 19.0. The van der Waals surface area contributed by atoms with Crippen molar-refractivity contribution in [1.29, 1.82) is 0 Å². The van der Waals surface area contributed by atoms with Gasteiger partial charge in [0, 0.05) is 56.0 Å². The van der Waals surface area contributed by atoms with E-state index in [4.69, 9.17) is 10.7 Å². The van der Waals surface area contributed by atoms with Crippen molar-refractivity contribution in [2.45, 2.75) is 38.1 Å². The minimum atomic E-state index is -0.904. The summed E-state index contributed by atoms with van der Waals surface area (Å²) in [6, 6.07) is 7.61. The fourth-order valence-electron chi connectivity index (χ4n) is 6.19. The average molecular weight is 534 g/mol. The lowest BCUT2D eigenvalue weighted by Crippen LogP contribution is -2.46. The van der Waals surface area contributed by atoms with Gasteiger partial charge in [0.2, 0.25) is 5.91 Å². The highest BCUT2D eigenvalue weighted by Gasteiger charge is 2.33. The SMILES string of the molecule is NC1=NC=CC(CN2CCC(C(=O)N3CCC(n4c(-c5ccc(F)c(F)c5)nc5cccnc54)CC3)CC2)C1. The molecule has 0 bridgehead atoms. The summed E-state index contributed by atoms with van der Waals surface area (Å²) in [7, 11) is 0. The predicted octanol–water partition coefficient (Wildman–Crippen LogP) is 4.14. The molecule has 3 aromatic rings. The third-order valence-corrected chi connectivity index (χ3v) is 8.27. The van der Waals surface area contributed by atoms with Gasteiger partial charge in [-0.15, -0.1) is 0 Å². The second-order valence-corrected chi connectivity index (χ2v) is 10.8. The number of carbonyl (C=O) groups is 1. The van der Waals surface area contributed by atoms with Gasteiger partial charge >= 0.3 is 0 Å². The Hall–Kier alpha value is -3.66. The normalized spacial score (nSPS) is 21.4. The van der Waals surface area contributed by atoms with Crippen LogP contribution < -0.4 is 5.73 Å². The van der Waals surface area contributed by atoms with Crippen molar-refractivity contribution in [3.63, 3.8) is 0 Å². The molecule has 8 nitrogen and oxygen atoms in total. The van der Waals surface area contributed by atoms with Crippen molar-refractivity contribution in [1.82, 2.24) is 24.3 Å². The van der Waals surface area contributed by atoms with Crippen LogP contribution in [0.25, 0.3) is 22.6 Å². The van der Waals surface area contributed by atoms with Crippen LogP contribution in [0, 0.1) is 23.5 Å². The first kappa shape index (κ1) is 25.6. The fourth-order valence-corrected chi connectivity index (χ4v) is 6.19. The van der Waals surface area contributed by atoms with E-state index in [1.165, 1.54) is 6.07 Å². The number of likely N-dealkylation sites (tertiary alicyclic amines) is 2. The number of amidine groups is 1. The van der Waals surface area contributed by atoms with E-state index in [-0.39, 0.29) is 17.9 Å². The zero-order valence-electron chi connectivity index (χ0n) is 21.8. The fraction of sp³-hybridized carbons (Fsp3) is 0.448. The quantitative estimate of drug-likeness (QED) is 0.532. The lowest BCUT2D eigenvalue weighted by Gasteiger charge is -2.38. The van der Waals surface area contributed by atoms with Crippen LogP contribution in [0.2, 0.25) is 0 Å². The molecule has 0 saturated carbocycles. The first-order valence-electron chi connectivity index (χ1n) is 13.7. The molecule has 10 heteroatoms. The van der Waals surface area contributed by atoms with Gasteiger partial charge in [0.25, 0.3) is 0 Å². The Morgan fingerprint density at radius 3 is 2.56 bits per heavy atom. The van der Waals surface area contributed by atoms with Crippen molar-refractivity contribution in [3.8, 4) is 11.4 Å². The number of amides is 1. The largest absolute Gasteiger partial charge is 0.387 e. The van der Waals surface area contributed by atoms with Gasteiger partial charge in [-0.2, -0.15) is 0 Å². The summed E-state index contributed by atoms with van der Waals surface area (Å²) in [5.41, 5.74) is 7.82. The number of carbonyl (C=O) groups excluding carboxylic acids is 1. The molecule has 6 rings (SSSR count). The molecule has 39 heavy (non-hydrogen) atoms. The molecule has 3 aliphatic rings. The highest BCUT2D eigenvalue weighted by molar-refractivity contribution is 5.82. The number of nitrogens with zero attached hydrogens (tertiary/aromatic N) is 6. The number of pyridine rings is 1. The molecule has 204 valence electrons. The third kappa shape index (κ3) is 5.30. The highest BCUT2D eigenvalue weighted by Crippen LogP contribution is 2.34. The summed E-state index contributed by atoms with van der Waals surface area (Å²) in [6.45, 7) is 4.08. The van der Waals surface area contributed by atoms with Gasteiger partial charge in [0.1, 0.15) is 11.3 Å². The highest BCUT2D eigenvalue weighted by atomic mass is 19.2. The predicted molar refractivity (Wildman–Crippen MR) is 146 cm³/mol. The van der Waals surface area contributed by atoms with E-state index in [2.05, 4.69) is 21.0 Å². The van der Waals surface area contributed by atoms with Gasteiger partial charge in [-0.1, -0.05) is 6.08 Å². The Balaban J connectivity index is 1.10. The Kier molecular flexibility index (Phi) is 7.12. The Morgan fingerprint density at radius 2 is 1.82 bits per heavy atom. The van der Waals surface area contributed by atoms with Crippen molar-refractivity contribution in [2.75, 3.05) is 32.7 Å². The van der Waals surface area contributed by atoms with Crippen LogP contribution >= 0.6 is 0 Å². The van der Waals surface area contributed by atoms with E-state index >= 15 is 0 Å². The van der Waals surface area contributed by atoms with Crippen molar-refractivity contribution < 1.29 is 13.6 Å². The van der Waals surface area contributed by atoms with Gasteiger partial charge in [-0.05, 0) is 75.0 Å². The number of nitrogens with two attached hydrogens (primary N) is 1. The second-order valence-electron chi connectivity index (χ2n) is 10.8. The van der Waals surface area contributed by atoms with Crippen LogP contribution in [-0.4, -0.2) is 68.8 Å². The maximum Gasteiger partial charge on any atom is 0.225 e. The minimum absolute atomic E-state index is 0.0541. The van der Waals surface area contributed by atoms with E-state index in [1.807, 2.05) is 21.6 Å². The average Bonchev–Trinajstić information content (AvgIpc) is 3.34. The summed E-state index contributed by atoms with van der Waals surface area (Å²) in [6.07, 6.45) is 9.67. The number of fused-ring (bicyclic) bond motifs is 1. The summed E-state index contributed by atoms with van der Waals surface area (Å²) in [4.78, 5) is 31.2. The Bertz CT molecular complexity index is 1420. The lowest BCUT2D eigenvalue weighted by atomic mass is 9.92. The lowest BCUT2D eigenvalue weighted by molar-refractivity contribution is -0.138. The van der Waals surface area contributed by atoms with Crippen LogP contribution in [-0.2, 0) is 4.79 Å². The molecule has 1 amide bonds. The Labute approximate surface area is 226 Å². The smallest absolute Gasteiger partial charge is 0.225 e. The number of hydrogen-bond acceptors (Lipinski definition) is 6. The van der Waals surface area contributed by atoms with Gasteiger partial charge in [0.05, 0.1) is 5.84 Å². The molecule has 2 aromatic heterocycles.